The van der Waals surface area contributed by atoms with E-state index in [9.17, 15) is 4.79 Å². The molecular formula is C10H14ClN3O. The van der Waals surface area contributed by atoms with Crippen molar-refractivity contribution in [2.45, 2.75) is 19.8 Å². The first-order valence-corrected chi connectivity index (χ1v) is 5.53. The third-order valence-electron chi connectivity index (χ3n) is 2.84. The normalized spacial score (nSPS) is 17.5. The maximum atomic E-state index is 11.1. The van der Waals surface area contributed by atoms with Crippen molar-refractivity contribution in [1.82, 2.24) is 10.2 Å². The topological polar surface area (TPSA) is 57.8 Å². The van der Waals surface area contributed by atoms with Gasteiger partial charge in [-0.1, -0.05) is 18.5 Å². The van der Waals surface area contributed by atoms with E-state index in [1.807, 2.05) is 0 Å². The lowest BCUT2D eigenvalue weighted by molar-refractivity contribution is 0.536. The van der Waals surface area contributed by atoms with Crippen LogP contribution >= 0.6 is 11.6 Å². The number of nitrogens with one attached hydrogen (secondary N) is 2. The zero-order valence-electron chi connectivity index (χ0n) is 8.59. The number of hydrogen-bond acceptors (Lipinski definition) is 3. The summed E-state index contributed by atoms with van der Waals surface area (Å²) < 4.78 is 0. The summed E-state index contributed by atoms with van der Waals surface area (Å²) in [5, 5.41) is 9.33. The van der Waals surface area contributed by atoms with Gasteiger partial charge in [0.15, 0.2) is 0 Å². The summed E-state index contributed by atoms with van der Waals surface area (Å²) in [5.41, 5.74) is 0.272. The highest BCUT2D eigenvalue weighted by atomic mass is 35.5. The highest BCUT2D eigenvalue weighted by Crippen LogP contribution is 2.36. The van der Waals surface area contributed by atoms with Gasteiger partial charge in [-0.15, -0.1) is 0 Å². The Labute approximate surface area is 93.0 Å². The van der Waals surface area contributed by atoms with E-state index < -0.39 is 0 Å². The molecule has 0 radical (unpaired) electrons. The van der Waals surface area contributed by atoms with Crippen molar-refractivity contribution in [1.29, 1.82) is 0 Å². The molecule has 0 aliphatic heterocycles. The molecule has 4 nitrogen and oxygen atoms in total. The minimum atomic E-state index is -0.347. The smallest absolute Gasteiger partial charge is 0.285 e. The monoisotopic (exact) mass is 227 g/mol. The molecule has 2 N–H and O–H groups in total. The first-order chi connectivity index (χ1) is 7.18. The lowest BCUT2D eigenvalue weighted by atomic mass is 10.1. The molecule has 0 bridgehead atoms. The predicted octanol–water partition coefficient (Wildman–Crippen LogP) is 1.88. The van der Waals surface area contributed by atoms with Crippen molar-refractivity contribution in [3.8, 4) is 0 Å². The van der Waals surface area contributed by atoms with E-state index in [1.54, 1.807) is 6.20 Å². The average molecular weight is 228 g/mol. The fraction of sp³-hybridized carbons (Fsp3) is 0.600. The zero-order chi connectivity index (χ0) is 10.8. The van der Waals surface area contributed by atoms with Crippen molar-refractivity contribution in [2.75, 3.05) is 11.9 Å². The van der Waals surface area contributed by atoms with E-state index in [2.05, 4.69) is 22.4 Å². The fourth-order valence-electron chi connectivity index (χ4n) is 1.61. The predicted molar refractivity (Wildman–Crippen MR) is 60.2 cm³/mol. The lowest BCUT2D eigenvalue weighted by Crippen LogP contribution is -2.16. The number of rotatable bonds is 4. The molecule has 1 unspecified atom stereocenters. The van der Waals surface area contributed by atoms with Crippen molar-refractivity contribution < 1.29 is 0 Å². The van der Waals surface area contributed by atoms with Crippen molar-refractivity contribution in [3.63, 3.8) is 0 Å². The average Bonchev–Trinajstić information content (AvgIpc) is 3.03. The summed E-state index contributed by atoms with van der Waals surface area (Å²) in [6.07, 6.45) is 4.19. The summed E-state index contributed by atoms with van der Waals surface area (Å²) in [5.74, 6) is 1.46. The van der Waals surface area contributed by atoms with Gasteiger partial charge in [0, 0.05) is 6.54 Å². The van der Waals surface area contributed by atoms with Crippen molar-refractivity contribution in [2.24, 2.45) is 11.8 Å². The van der Waals surface area contributed by atoms with E-state index in [-0.39, 0.29) is 10.6 Å². The summed E-state index contributed by atoms with van der Waals surface area (Å²) in [4.78, 5) is 11.1. The summed E-state index contributed by atoms with van der Waals surface area (Å²) in [6.45, 7) is 3.05. The number of hydrogen-bond donors (Lipinski definition) is 2. The quantitative estimate of drug-likeness (QED) is 0.826. The van der Waals surface area contributed by atoms with Gasteiger partial charge in [-0.05, 0) is 24.7 Å². The summed E-state index contributed by atoms with van der Waals surface area (Å²) in [6, 6.07) is 0. The molecule has 0 saturated heterocycles. The Hall–Kier alpha value is -1.03. The molecule has 1 aliphatic rings. The first kappa shape index (κ1) is 10.5. The van der Waals surface area contributed by atoms with Crippen LogP contribution in [-0.2, 0) is 0 Å². The van der Waals surface area contributed by atoms with E-state index in [0.29, 0.717) is 11.6 Å². The minimum absolute atomic E-state index is 0.188. The van der Waals surface area contributed by atoms with E-state index in [4.69, 9.17) is 11.6 Å². The molecule has 1 fully saturated rings. The van der Waals surface area contributed by atoms with Crippen LogP contribution in [0, 0.1) is 11.8 Å². The van der Waals surface area contributed by atoms with Gasteiger partial charge < -0.3 is 5.32 Å². The van der Waals surface area contributed by atoms with Gasteiger partial charge in [-0.2, -0.15) is 5.10 Å². The van der Waals surface area contributed by atoms with Gasteiger partial charge in [-0.3, -0.25) is 4.79 Å². The van der Waals surface area contributed by atoms with E-state index in [0.717, 1.165) is 12.5 Å². The number of anilines is 1. The van der Waals surface area contributed by atoms with Crippen molar-refractivity contribution >= 4 is 17.3 Å². The second-order valence-electron chi connectivity index (χ2n) is 4.12. The molecule has 5 heteroatoms. The van der Waals surface area contributed by atoms with Crippen LogP contribution in [0.4, 0.5) is 5.69 Å². The van der Waals surface area contributed by atoms with Gasteiger partial charge in [0.1, 0.15) is 5.02 Å². The molecule has 1 atom stereocenters. The Balaban J connectivity index is 1.98. The number of H-pyrrole nitrogens is 1. The summed E-state index contributed by atoms with van der Waals surface area (Å²) in [7, 11) is 0. The second kappa shape index (κ2) is 4.23. The van der Waals surface area contributed by atoms with Crippen LogP contribution in [0.5, 0.6) is 0 Å². The Morgan fingerprint density at radius 2 is 2.47 bits per heavy atom. The SMILES string of the molecule is CC(CNc1cn[nH]c(=O)c1Cl)C1CC1. The Morgan fingerprint density at radius 3 is 3.13 bits per heavy atom. The molecule has 2 rings (SSSR count). The third kappa shape index (κ3) is 2.50. The highest BCUT2D eigenvalue weighted by Gasteiger charge is 2.27. The molecule has 1 aromatic heterocycles. The molecule has 1 aromatic rings. The standard InChI is InChI=1S/C10H14ClN3O/c1-6(7-2-3-7)4-12-8-5-13-14-10(15)9(8)11/h5-7H,2-4H2,1H3,(H2,12,14,15). The molecule has 1 aliphatic carbocycles. The second-order valence-corrected chi connectivity index (χ2v) is 4.50. The fourth-order valence-corrected chi connectivity index (χ4v) is 1.77. The van der Waals surface area contributed by atoms with Gasteiger partial charge in [-0.25, -0.2) is 5.10 Å². The van der Waals surface area contributed by atoms with Crippen LogP contribution < -0.4 is 10.9 Å². The van der Waals surface area contributed by atoms with Crippen LogP contribution in [0.2, 0.25) is 5.02 Å². The van der Waals surface area contributed by atoms with Gasteiger partial charge >= 0.3 is 0 Å². The minimum Gasteiger partial charge on any atom is -0.382 e. The number of aromatic nitrogens is 2. The molecule has 82 valence electrons. The van der Waals surface area contributed by atoms with Gasteiger partial charge in [0.2, 0.25) is 0 Å². The van der Waals surface area contributed by atoms with Gasteiger partial charge in [0.05, 0.1) is 11.9 Å². The van der Waals surface area contributed by atoms with E-state index in [1.165, 1.54) is 12.8 Å². The number of halogens is 1. The molecule has 15 heavy (non-hydrogen) atoms. The number of aromatic amines is 1. The first-order valence-electron chi connectivity index (χ1n) is 5.15. The van der Waals surface area contributed by atoms with Crippen LogP contribution in [0.25, 0.3) is 0 Å². The maximum absolute atomic E-state index is 11.1. The lowest BCUT2D eigenvalue weighted by Gasteiger charge is -2.12. The maximum Gasteiger partial charge on any atom is 0.285 e. The van der Waals surface area contributed by atoms with Crippen molar-refractivity contribution in [3.05, 3.63) is 21.6 Å². The van der Waals surface area contributed by atoms with Gasteiger partial charge in [0.25, 0.3) is 5.56 Å². The Morgan fingerprint density at radius 1 is 1.73 bits per heavy atom. The van der Waals surface area contributed by atoms with Crippen LogP contribution in [0.1, 0.15) is 19.8 Å². The summed E-state index contributed by atoms with van der Waals surface area (Å²) >= 11 is 5.83. The Kier molecular flexibility index (Phi) is 2.95. The molecule has 0 spiro atoms. The molecule has 0 aromatic carbocycles. The van der Waals surface area contributed by atoms with Crippen LogP contribution in [0.3, 0.4) is 0 Å². The molecule has 0 amide bonds. The largest absolute Gasteiger partial charge is 0.382 e. The zero-order valence-corrected chi connectivity index (χ0v) is 9.34. The molecule has 1 heterocycles. The third-order valence-corrected chi connectivity index (χ3v) is 3.21. The highest BCUT2D eigenvalue weighted by molar-refractivity contribution is 6.32. The van der Waals surface area contributed by atoms with Crippen LogP contribution in [0.15, 0.2) is 11.0 Å². The number of nitrogens with zero attached hydrogens (tertiary/aromatic N) is 1. The molecule has 1 saturated carbocycles. The Bertz CT molecular complexity index is 400. The van der Waals surface area contributed by atoms with Crippen LogP contribution in [-0.4, -0.2) is 16.7 Å². The van der Waals surface area contributed by atoms with E-state index >= 15 is 0 Å². The molecular weight excluding hydrogens is 214 g/mol.